The van der Waals surface area contributed by atoms with Gasteiger partial charge >= 0.3 is 0 Å². The molecule has 104 valence electrons. The molecule has 0 aromatic heterocycles. The Balaban J connectivity index is 1.99. The van der Waals surface area contributed by atoms with Crippen molar-refractivity contribution < 1.29 is 9.90 Å². The molecule has 4 heteroatoms. The minimum absolute atomic E-state index is 0.0984. The standard InChI is InChI=1S/C15H22N2O2/c1-10(17-9-14(18)15(16)19)12-7-6-11-4-2-3-5-13(11)8-12/h6-8,10,14,17-18H,2-5,9H2,1H3,(H2,16,19). The zero-order valence-electron chi connectivity index (χ0n) is 11.4. The zero-order valence-corrected chi connectivity index (χ0v) is 11.4. The molecule has 1 amide bonds. The lowest BCUT2D eigenvalue weighted by Crippen LogP contribution is -2.38. The van der Waals surface area contributed by atoms with E-state index in [1.165, 1.54) is 36.0 Å². The average Bonchev–Trinajstić information content (AvgIpc) is 2.43. The van der Waals surface area contributed by atoms with Gasteiger partial charge in [-0.3, -0.25) is 4.79 Å². The van der Waals surface area contributed by atoms with Gasteiger partial charge in [0.1, 0.15) is 6.10 Å². The Morgan fingerprint density at radius 1 is 1.37 bits per heavy atom. The molecule has 1 aromatic carbocycles. The highest BCUT2D eigenvalue weighted by Crippen LogP contribution is 2.24. The molecule has 1 aliphatic carbocycles. The van der Waals surface area contributed by atoms with Gasteiger partial charge in [-0.05, 0) is 49.3 Å². The van der Waals surface area contributed by atoms with Crippen LogP contribution >= 0.6 is 0 Å². The highest BCUT2D eigenvalue weighted by Gasteiger charge is 2.15. The topological polar surface area (TPSA) is 75.3 Å². The van der Waals surface area contributed by atoms with Gasteiger partial charge in [-0.2, -0.15) is 0 Å². The van der Waals surface area contributed by atoms with Crippen molar-refractivity contribution in [2.45, 2.75) is 44.8 Å². The number of fused-ring (bicyclic) bond motifs is 1. The fourth-order valence-corrected chi connectivity index (χ4v) is 2.53. The number of nitrogens with one attached hydrogen (secondary N) is 1. The van der Waals surface area contributed by atoms with Gasteiger partial charge in [-0.1, -0.05) is 18.2 Å². The third-order valence-corrected chi connectivity index (χ3v) is 3.82. The second kappa shape index (κ2) is 6.17. The molecule has 19 heavy (non-hydrogen) atoms. The van der Waals surface area contributed by atoms with Gasteiger partial charge in [0.15, 0.2) is 0 Å². The quantitative estimate of drug-likeness (QED) is 0.743. The summed E-state index contributed by atoms with van der Waals surface area (Å²) >= 11 is 0. The van der Waals surface area contributed by atoms with Crippen molar-refractivity contribution in [2.24, 2.45) is 5.73 Å². The Hall–Kier alpha value is -1.39. The summed E-state index contributed by atoms with van der Waals surface area (Å²) in [5.74, 6) is -0.690. The Morgan fingerprint density at radius 3 is 2.74 bits per heavy atom. The minimum atomic E-state index is -1.12. The van der Waals surface area contributed by atoms with Crippen LogP contribution in [0.2, 0.25) is 0 Å². The van der Waals surface area contributed by atoms with Crippen molar-refractivity contribution >= 4 is 5.91 Å². The van der Waals surface area contributed by atoms with E-state index in [1.807, 2.05) is 6.92 Å². The molecule has 2 atom stereocenters. The molecule has 0 fully saturated rings. The van der Waals surface area contributed by atoms with Crippen LogP contribution in [0.15, 0.2) is 18.2 Å². The fourth-order valence-electron chi connectivity index (χ4n) is 2.53. The maximum atomic E-state index is 10.8. The summed E-state index contributed by atoms with van der Waals surface area (Å²) in [5.41, 5.74) is 9.11. The molecule has 0 bridgehead atoms. The lowest BCUT2D eigenvalue weighted by Gasteiger charge is -2.20. The van der Waals surface area contributed by atoms with Crippen LogP contribution in [0.4, 0.5) is 0 Å². The summed E-state index contributed by atoms with van der Waals surface area (Å²) < 4.78 is 0. The summed E-state index contributed by atoms with van der Waals surface area (Å²) in [7, 11) is 0. The van der Waals surface area contributed by atoms with Crippen molar-refractivity contribution in [3.05, 3.63) is 34.9 Å². The smallest absolute Gasteiger partial charge is 0.247 e. The Kier molecular flexibility index (Phi) is 4.56. The molecular weight excluding hydrogens is 240 g/mol. The largest absolute Gasteiger partial charge is 0.382 e. The van der Waals surface area contributed by atoms with E-state index >= 15 is 0 Å². The van der Waals surface area contributed by atoms with E-state index in [-0.39, 0.29) is 12.6 Å². The van der Waals surface area contributed by atoms with Gasteiger partial charge in [0, 0.05) is 12.6 Å². The van der Waals surface area contributed by atoms with Crippen molar-refractivity contribution in [3.63, 3.8) is 0 Å². The summed E-state index contributed by atoms with van der Waals surface area (Å²) in [6.07, 6.45) is 3.75. The SMILES string of the molecule is CC(NCC(O)C(N)=O)c1ccc2c(c1)CCCC2. The van der Waals surface area contributed by atoms with E-state index in [1.54, 1.807) is 0 Å². The van der Waals surface area contributed by atoms with E-state index in [0.29, 0.717) is 0 Å². The zero-order chi connectivity index (χ0) is 13.8. The number of benzene rings is 1. The number of aliphatic hydroxyl groups is 1. The van der Waals surface area contributed by atoms with E-state index in [0.717, 1.165) is 6.42 Å². The number of hydrogen-bond acceptors (Lipinski definition) is 3. The lowest BCUT2D eigenvalue weighted by atomic mass is 9.89. The van der Waals surface area contributed by atoms with Gasteiger partial charge in [0.25, 0.3) is 0 Å². The lowest BCUT2D eigenvalue weighted by molar-refractivity contribution is -0.125. The monoisotopic (exact) mass is 262 g/mol. The molecule has 0 heterocycles. The number of carbonyl (C=O) groups is 1. The number of nitrogens with two attached hydrogens (primary N) is 1. The average molecular weight is 262 g/mol. The maximum absolute atomic E-state index is 10.8. The second-order valence-corrected chi connectivity index (χ2v) is 5.28. The molecule has 2 rings (SSSR count). The third-order valence-electron chi connectivity index (χ3n) is 3.82. The fraction of sp³-hybridized carbons (Fsp3) is 0.533. The van der Waals surface area contributed by atoms with E-state index < -0.39 is 12.0 Å². The Labute approximate surface area is 114 Å². The van der Waals surface area contributed by atoms with Crippen LogP contribution in [0.25, 0.3) is 0 Å². The molecule has 0 saturated carbocycles. The summed E-state index contributed by atoms with van der Waals surface area (Å²) in [5, 5.41) is 12.5. The van der Waals surface area contributed by atoms with Gasteiger partial charge in [-0.25, -0.2) is 0 Å². The van der Waals surface area contributed by atoms with Crippen LogP contribution < -0.4 is 11.1 Å². The van der Waals surface area contributed by atoms with E-state index in [9.17, 15) is 9.90 Å². The number of carbonyl (C=O) groups excluding carboxylic acids is 1. The molecule has 0 saturated heterocycles. The first-order chi connectivity index (χ1) is 9.08. The summed E-state index contributed by atoms with van der Waals surface area (Å²) in [4.78, 5) is 10.8. The third kappa shape index (κ3) is 3.55. The number of amides is 1. The molecule has 1 aromatic rings. The summed E-state index contributed by atoms with van der Waals surface area (Å²) in [6, 6.07) is 6.66. The first kappa shape index (κ1) is 14.0. The molecule has 4 nitrogen and oxygen atoms in total. The first-order valence-corrected chi connectivity index (χ1v) is 6.90. The normalized spacial score (nSPS) is 17.6. The molecule has 0 spiro atoms. The molecular formula is C15H22N2O2. The number of primary amides is 1. The van der Waals surface area contributed by atoms with Crippen molar-refractivity contribution in [2.75, 3.05) is 6.54 Å². The van der Waals surface area contributed by atoms with Crippen LogP contribution in [-0.4, -0.2) is 23.7 Å². The van der Waals surface area contributed by atoms with Crippen LogP contribution in [0.1, 0.15) is 42.5 Å². The van der Waals surface area contributed by atoms with Crippen LogP contribution in [0.5, 0.6) is 0 Å². The number of aliphatic hydroxyl groups excluding tert-OH is 1. The predicted molar refractivity (Wildman–Crippen MR) is 74.7 cm³/mol. The molecule has 0 radical (unpaired) electrons. The number of rotatable bonds is 5. The Morgan fingerprint density at radius 2 is 2.05 bits per heavy atom. The van der Waals surface area contributed by atoms with Crippen molar-refractivity contribution in [1.29, 1.82) is 0 Å². The van der Waals surface area contributed by atoms with Crippen molar-refractivity contribution in [1.82, 2.24) is 5.32 Å². The van der Waals surface area contributed by atoms with Crippen LogP contribution in [-0.2, 0) is 17.6 Å². The van der Waals surface area contributed by atoms with E-state index in [4.69, 9.17) is 5.73 Å². The predicted octanol–water partition coefficient (Wildman–Crippen LogP) is 1.06. The molecule has 4 N–H and O–H groups in total. The molecule has 2 unspecified atom stereocenters. The van der Waals surface area contributed by atoms with Crippen LogP contribution in [0.3, 0.4) is 0 Å². The van der Waals surface area contributed by atoms with Gasteiger partial charge in [0.2, 0.25) is 5.91 Å². The maximum Gasteiger partial charge on any atom is 0.247 e. The Bertz CT molecular complexity index is 459. The summed E-state index contributed by atoms with van der Waals surface area (Å²) in [6.45, 7) is 2.21. The highest BCUT2D eigenvalue weighted by atomic mass is 16.3. The first-order valence-electron chi connectivity index (χ1n) is 6.90. The minimum Gasteiger partial charge on any atom is -0.382 e. The van der Waals surface area contributed by atoms with Gasteiger partial charge in [0.05, 0.1) is 0 Å². The molecule has 1 aliphatic rings. The number of aryl methyl sites for hydroxylation is 2. The molecule has 0 aliphatic heterocycles. The van der Waals surface area contributed by atoms with E-state index in [2.05, 4.69) is 23.5 Å². The van der Waals surface area contributed by atoms with Crippen LogP contribution in [0, 0.1) is 0 Å². The van der Waals surface area contributed by atoms with Gasteiger partial charge in [-0.15, -0.1) is 0 Å². The number of hydrogen-bond donors (Lipinski definition) is 3. The second-order valence-electron chi connectivity index (χ2n) is 5.28. The highest BCUT2D eigenvalue weighted by molar-refractivity contribution is 5.78. The van der Waals surface area contributed by atoms with Gasteiger partial charge < -0.3 is 16.2 Å². The van der Waals surface area contributed by atoms with Crippen molar-refractivity contribution in [3.8, 4) is 0 Å².